The Kier molecular flexibility index (Phi) is 6.13. The molecule has 0 saturated carbocycles. The number of benzene rings is 2. The monoisotopic (exact) mass is 342 g/mol. The summed E-state index contributed by atoms with van der Waals surface area (Å²) in [6.07, 6.45) is 3.82. The molecule has 0 saturated heterocycles. The highest BCUT2D eigenvalue weighted by Gasteiger charge is 2.12. The van der Waals surface area contributed by atoms with Gasteiger partial charge in [-0.05, 0) is 53.1 Å². The molecule has 0 aromatic heterocycles. The van der Waals surface area contributed by atoms with E-state index in [2.05, 4.69) is 73.8 Å². The topological polar surface area (TPSA) is 0 Å². The van der Waals surface area contributed by atoms with Gasteiger partial charge in [-0.2, -0.15) is 23.5 Å². The number of rotatable bonds is 3. The molecule has 2 heteroatoms. The maximum atomic E-state index is 2.35. The zero-order valence-corrected chi connectivity index (χ0v) is 15.9. The van der Waals surface area contributed by atoms with E-state index in [-0.39, 0.29) is 0 Å². The lowest BCUT2D eigenvalue weighted by Crippen LogP contribution is -2.01. The molecule has 23 heavy (non-hydrogen) atoms. The van der Waals surface area contributed by atoms with Crippen molar-refractivity contribution in [3.8, 4) is 0 Å². The quantitative estimate of drug-likeness (QED) is 0.623. The Labute approximate surface area is 149 Å². The van der Waals surface area contributed by atoms with Gasteiger partial charge in [-0.25, -0.2) is 0 Å². The fraction of sp³-hybridized carbons (Fsp3) is 0.429. The van der Waals surface area contributed by atoms with Gasteiger partial charge in [0.2, 0.25) is 0 Å². The van der Waals surface area contributed by atoms with Gasteiger partial charge in [0, 0.05) is 23.0 Å². The molecule has 4 bridgehead atoms. The third-order valence-corrected chi connectivity index (χ3v) is 6.80. The Hall–Kier alpha value is -0.860. The number of hydrogen-bond acceptors (Lipinski definition) is 2. The van der Waals surface area contributed by atoms with Crippen molar-refractivity contribution >= 4 is 23.5 Å². The number of hydrogen-bond donors (Lipinski definition) is 0. The van der Waals surface area contributed by atoms with Crippen molar-refractivity contribution in [2.45, 2.75) is 56.1 Å². The van der Waals surface area contributed by atoms with E-state index < -0.39 is 0 Å². The molecule has 0 spiro atoms. The molecule has 1 aliphatic heterocycles. The zero-order valence-electron chi connectivity index (χ0n) is 14.2. The van der Waals surface area contributed by atoms with Crippen LogP contribution < -0.4 is 0 Å². The fourth-order valence-electron chi connectivity index (χ4n) is 3.22. The standard InChI is InChI=1S/C21H26S2/c1-3-4-11-21-19-9-6-10-20(21)15-23-13-18-8-5-7-17(16(18)2)12-22-14-19/h5-10H,3-4,11-15H2,1-2H3. The van der Waals surface area contributed by atoms with Crippen LogP contribution in [0.25, 0.3) is 0 Å². The summed E-state index contributed by atoms with van der Waals surface area (Å²) >= 11 is 4.13. The Bertz CT molecular complexity index is 614. The molecule has 3 rings (SSSR count). The largest absolute Gasteiger partial charge is 0.152 e. The molecule has 1 heterocycles. The van der Waals surface area contributed by atoms with Crippen LogP contribution in [0.1, 0.15) is 53.1 Å². The number of fused-ring (bicyclic) bond motifs is 4. The van der Waals surface area contributed by atoms with Gasteiger partial charge in [-0.15, -0.1) is 0 Å². The lowest BCUT2D eigenvalue weighted by Gasteiger charge is -2.17. The van der Waals surface area contributed by atoms with E-state index in [4.69, 9.17) is 0 Å². The third kappa shape index (κ3) is 4.16. The van der Waals surface area contributed by atoms with E-state index in [1.807, 2.05) is 0 Å². The average Bonchev–Trinajstić information content (AvgIpc) is 2.56. The Morgan fingerprint density at radius 2 is 1.26 bits per heavy atom. The lowest BCUT2D eigenvalue weighted by molar-refractivity contribution is 0.786. The van der Waals surface area contributed by atoms with Crippen LogP contribution in [-0.4, -0.2) is 0 Å². The first-order valence-corrected chi connectivity index (χ1v) is 10.9. The van der Waals surface area contributed by atoms with Gasteiger partial charge in [0.1, 0.15) is 0 Å². The first-order valence-electron chi connectivity index (χ1n) is 8.62. The van der Waals surface area contributed by atoms with Crippen LogP contribution in [0.15, 0.2) is 36.4 Å². The number of unbranched alkanes of at least 4 members (excludes halogenated alkanes) is 1. The van der Waals surface area contributed by atoms with Crippen molar-refractivity contribution in [3.63, 3.8) is 0 Å². The Morgan fingerprint density at radius 1 is 0.783 bits per heavy atom. The number of thioether (sulfide) groups is 2. The molecule has 0 unspecified atom stereocenters. The summed E-state index contributed by atoms with van der Waals surface area (Å²) in [7, 11) is 0. The summed E-state index contributed by atoms with van der Waals surface area (Å²) in [5, 5.41) is 0. The molecule has 122 valence electrons. The fourth-order valence-corrected chi connectivity index (χ4v) is 5.47. The predicted molar refractivity (Wildman–Crippen MR) is 106 cm³/mol. The molecular formula is C21H26S2. The van der Waals surface area contributed by atoms with Crippen LogP contribution in [-0.2, 0) is 29.4 Å². The summed E-state index contributed by atoms with van der Waals surface area (Å²) in [6, 6.07) is 13.8. The van der Waals surface area contributed by atoms with Crippen LogP contribution in [0.3, 0.4) is 0 Å². The molecular weight excluding hydrogens is 316 g/mol. The highest BCUT2D eigenvalue weighted by atomic mass is 32.2. The van der Waals surface area contributed by atoms with E-state index in [1.54, 1.807) is 16.7 Å². The van der Waals surface area contributed by atoms with Crippen LogP contribution in [0.2, 0.25) is 0 Å². The second-order valence-corrected chi connectivity index (χ2v) is 8.32. The van der Waals surface area contributed by atoms with Gasteiger partial charge in [0.15, 0.2) is 0 Å². The normalized spacial score (nSPS) is 14.9. The SMILES string of the molecule is CCCCc1c2cccc1CSCc1cccc(c1C)CSC2. The van der Waals surface area contributed by atoms with Crippen LogP contribution in [0, 0.1) is 6.92 Å². The smallest absolute Gasteiger partial charge is 0.0190 e. The summed E-state index contributed by atoms with van der Waals surface area (Å²) < 4.78 is 0. The van der Waals surface area contributed by atoms with Gasteiger partial charge >= 0.3 is 0 Å². The van der Waals surface area contributed by atoms with Gasteiger partial charge in [0.05, 0.1) is 0 Å². The second kappa shape index (κ2) is 8.30. The minimum Gasteiger partial charge on any atom is -0.152 e. The van der Waals surface area contributed by atoms with E-state index in [9.17, 15) is 0 Å². The van der Waals surface area contributed by atoms with Crippen molar-refractivity contribution in [2.24, 2.45) is 0 Å². The molecule has 0 aliphatic carbocycles. The average molecular weight is 343 g/mol. The predicted octanol–water partition coefficient (Wildman–Crippen LogP) is 6.52. The third-order valence-electron chi connectivity index (χ3n) is 4.74. The zero-order chi connectivity index (χ0) is 16.1. The highest BCUT2D eigenvalue weighted by molar-refractivity contribution is 7.98. The molecule has 2 aromatic carbocycles. The minimum absolute atomic E-state index is 1.13. The van der Waals surface area contributed by atoms with Gasteiger partial charge in [0.25, 0.3) is 0 Å². The van der Waals surface area contributed by atoms with E-state index in [1.165, 1.54) is 36.0 Å². The van der Waals surface area contributed by atoms with Crippen molar-refractivity contribution in [2.75, 3.05) is 0 Å². The van der Waals surface area contributed by atoms with E-state index in [0.717, 1.165) is 23.0 Å². The highest BCUT2D eigenvalue weighted by Crippen LogP contribution is 2.31. The molecule has 1 aliphatic rings. The molecule has 0 radical (unpaired) electrons. The summed E-state index contributed by atoms with van der Waals surface area (Å²) in [5.74, 6) is 4.53. The maximum Gasteiger partial charge on any atom is 0.0190 e. The first-order chi connectivity index (χ1) is 11.3. The van der Waals surface area contributed by atoms with Gasteiger partial charge < -0.3 is 0 Å². The Morgan fingerprint density at radius 3 is 1.78 bits per heavy atom. The second-order valence-electron chi connectivity index (χ2n) is 6.35. The molecule has 0 fully saturated rings. The molecule has 2 aromatic rings. The minimum atomic E-state index is 1.13. The Balaban J connectivity index is 1.89. The van der Waals surface area contributed by atoms with Crippen molar-refractivity contribution in [3.05, 3.63) is 69.8 Å². The van der Waals surface area contributed by atoms with Crippen molar-refractivity contribution in [1.82, 2.24) is 0 Å². The van der Waals surface area contributed by atoms with Crippen LogP contribution >= 0.6 is 23.5 Å². The summed E-state index contributed by atoms with van der Waals surface area (Å²) in [5.41, 5.74) is 9.30. The van der Waals surface area contributed by atoms with Gasteiger partial charge in [-0.1, -0.05) is 49.7 Å². The van der Waals surface area contributed by atoms with Gasteiger partial charge in [-0.3, -0.25) is 0 Å². The summed E-state index contributed by atoms with van der Waals surface area (Å²) in [4.78, 5) is 0. The molecule has 0 atom stereocenters. The van der Waals surface area contributed by atoms with Crippen molar-refractivity contribution < 1.29 is 0 Å². The van der Waals surface area contributed by atoms with Crippen LogP contribution in [0.5, 0.6) is 0 Å². The van der Waals surface area contributed by atoms with E-state index >= 15 is 0 Å². The molecule has 0 amide bonds. The summed E-state index contributed by atoms with van der Waals surface area (Å²) in [6.45, 7) is 4.59. The molecule has 0 nitrogen and oxygen atoms in total. The maximum absolute atomic E-state index is 2.35. The first kappa shape index (κ1) is 17.0. The lowest BCUT2D eigenvalue weighted by atomic mass is 9.98. The van der Waals surface area contributed by atoms with Crippen molar-refractivity contribution in [1.29, 1.82) is 0 Å². The van der Waals surface area contributed by atoms with E-state index in [0.29, 0.717) is 0 Å². The van der Waals surface area contributed by atoms with Crippen LogP contribution in [0.4, 0.5) is 0 Å². The molecule has 0 N–H and O–H groups in total.